The van der Waals surface area contributed by atoms with E-state index < -0.39 is 0 Å². The molecule has 17 heavy (non-hydrogen) atoms. The summed E-state index contributed by atoms with van der Waals surface area (Å²) in [5.74, 6) is 6.05. The molecular weight excluding hydrogens is 212 g/mol. The molecule has 3 heteroatoms. The molecule has 0 aromatic carbocycles. The number of hydrogen-bond donors (Lipinski definition) is 2. The summed E-state index contributed by atoms with van der Waals surface area (Å²) in [7, 11) is 0. The lowest BCUT2D eigenvalue weighted by molar-refractivity contribution is -0.620. The molecule has 6 aliphatic carbocycles. The first-order chi connectivity index (χ1) is 8.22. The Morgan fingerprint density at radius 2 is 1.82 bits per heavy atom. The van der Waals surface area contributed by atoms with Crippen LogP contribution in [0.5, 0.6) is 0 Å². The van der Waals surface area contributed by atoms with E-state index in [0.717, 1.165) is 60.3 Å². The second-order valence-electron chi connectivity index (χ2n) is 7.59. The van der Waals surface area contributed by atoms with Crippen molar-refractivity contribution in [3.63, 3.8) is 0 Å². The summed E-state index contributed by atoms with van der Waals surface area (Å²) in [6.07, 6.45) is 2.20. The summed E-state index contributed by atoms with van der Waals surface area (Å²) in [6, 6.07) is 0.117. The molecule has 7 aliphatic rings. The molecule has 0 spiro atoms. The molecule has 1 amide bonds. The van der Waals surface area contributed by atoms with Crippen molar-refractivity contribution < 1.29 is 4.79 Å². The molecule has 7 fully saturated rings. The predicted molar refractivity (Wildman–Crippen MR) is 60.9 cm³/mol. The van der Waals surface area contributed by atoms with Crippen LogP contribution >= 0.6 is 0 Å². The van der Waals surface area contributed by atoms with Gasteiger partial charge in [0.05, 0.1) is 11.6 Å². The first kappa shape index (κ1) is 8.52. The van der Waals surface area contributed by atoms with Gasteiger partial charge in [0.25, 0.3) is 0 Å². The average Bonchev–Trinajstić information content (AvgIpc) is 2.87. The fraction of sp³-hybridized carbons (Fsp3) is 0.929. The van der Waals surface area contributed by atoms with Crippen molar-refractivity contribution >= 4 is 5.91 Å². The van der Waals surface area contributed by atoms with E-state index in [0.29, 0.717) is 11.4 Å². The van der Waals surface area contributed by atoms with E-state index in [-0.39, 0.29) is 6.04 Å². The van der Waals surface area contributed by atoms with Crippen LogP contribution in [0.4, 0.5) is 0 Å². The summed E-state index contributed by atoms with van der Waals surface area (Å²) < 4.78 is 0. The lowest BCUT2D eigenvalue weighted by Crippen LogP contribution is -3.14. The minimum absolute atomic E-state index is 0.117. The Bertz CT molecular complexity index is 425. The zero-order chi connectivity index (χ0) is 11.2. The molecule has 90 valence electrons. The van der Waals surface area contributed by atoms with Crippen LogP contribution < -0.4 is 10.6 Å². The van der Waals surface area contributed by atoms with Gasteiger partial charge in [0.2, 0.25) is 5.91 Å². The predicted octanol–water partition coefficient (Wildman–Crippen LogP) is 0.365. The third-order valence-electron chi connectivity index (χ3n) is 7.85. The lowest BCUT2D eigenvalue weighted by Gasteiger charge is -3.11. The van der Waals surface area contributed by atoms with Crippen molar-refractivity contribution in [3.8, 4) is 0 Å². The Labute approximate surface area is 101 Å². The number of carbonyl (C=O) groups excluding carboxylic acids is 1. The first-order valence-electron chi connectivity index (χ1n) is 7.28. The molecule has 7 rings (SSSR count). The highest BCUT2D eigenvalue weighted by molar-refractivity contribution is 5.84. The Balaban J connectivity index is 1.27. The van der Waals surface area contributed by atoms with E-state index in [2.05, 4.69) is 17.6 Å². The van der Waals surface area contributed by atoms with Crippen LogP contribution in [0, 0.1) is 40.9 Å². The molecule has 0 aromatic heterocycles. The third kappa shape index (κ3) is 0.489. The summed E-state index contributed by atoms with van der Waals surface area (Å²) in [5, 5.41) is 6.78. The van der Waals surface area contributed by atoms with Crippen LogP contribution in [0.3, 0.4) is 0 Å². The average molecular weight is 230 g/mol. The second kappa shape index (κ2) is 1.97. The van der Waals surface area contributed by atoms with Gasteiger partial charge in [-0.15, -0.1) is 0 Å². The molecule has 0 bridgehead atoms. The maximum atomic E-state index is 12.2. The van der Waals surface area contributed by atoms with Gasteiger partial charge in [-0.25, -0.2) is 0 Å². The SMILES string of the molecule is CC12C3C4C1C1C2C3C41NC(=O)[C@H]1CCCN1. The van der Waals surface area contributed by atoms with Crippen molar-refractivity contribution in [3.05, 3.63) is 0 Å². The molecule has 0 aromatic rings. The van der Waals surface area contributed by atoms with Crippen molar-refractivity contribution in [2.75, 3.05) is 6.54 Å². The van der Waals surface area contributed by atoms with Crippen LogP contribution in [0.2, 0.25) is 0 Å². The largest absolute Gasteiger partial charge is 0.348 e. The van der Waals surface area contributed by atoms with Crippen LogP contribution in [-0.2, 0) is 4.79 Å². The molecule has 0 unspecified atom stereocenters. The zero-order valence-corrected chi connectivity index (χ0v) is 10.1. The Kier molecular flexibility index (Phi) is 0.985. The molecular formula is C14H18N2O. The summed E-state index contributed by atoms with van der Waals surface area (Å²) >= 11 is 0. The molecule has 3 nitrogen and oxygen atoms in total. The molecule has 1 heterocycles. The Morgan fingerprint density at radius 3 is 2.35 bits per heavy atom. The molecule has 2 N–H and O–H groups in total. The lowest BCUT2D eigenvalue weighted by atomic mass is 8.94. The van der Waals surface area contributed by atoms with E-state index in [1.807, 2.05) is 0 Å². The van der Waals surface area contributed by atoms with Crippen LogP contribution in [0.25, 0.3) is 0 Å². The highest BCUT2D eigenvalue weighted by Crippen LogP contribution is 3.06. The highest BCUT2D eigenvalue weighted by Gasteiger charge is 3.08. The maximum Gasteiger partial charge on any atom is 0.237 e. The van der Waals surface area contributed by atoms with E-state index >= 15 is 0 Å². The second-order valence-corrected chi connectivity index (χ2v) is 7.59. The van der Waals surface area contributed by atoms with Gasteiger partial charge in [-0.05, 0) is 60.3 Å². The monoisotopic (exact) mass is 230 g/mol. The van der Waals surface area contributed by atoms with E-state index in [9.17, 15) is 4.79 Å². The normalized spacial score (nSPS) is 74.5. The van der Waals surface area contributed by atoms with Gasteiger partial charge < -0.3 is 10.6 Å². The van der Waals surface area contributed by atoms with Crippen molar-refractivity contribution in [1.82, 2.24) is 10.6 Å². The van der Waals surface area contributed by atoms with Gasteiger partial charge in [0.15, 0.2) is 0 Å². The van der Waals surface area contributed by atoms with Crippen LogP contribution in [0.1, 0.15) is 19.8 Å². The number of rotatable bonds is 2. The van der Waals surface area contributed by atoms with Gasteiger partial charge in [-0.1, -0.05) is 6.92 Å². The quantitative estimate of drug-likeness (QED) is 0.719. The van der Waals surface area contributed by atoms with Gasteiger partial charge >= 0.3 is 0 Å². The number of carbonyl (C=O) groups is 1. The van der Waals surface area contributed by atoms with Crippen LogP contribution in [0.15, 0.2) is 0 Å². The van der Waals surface area contributed by atoms with Gasteiger partial charge in [-0.3, -0.25) is 4.79 Å². The molecule has 1 saturated heterocycles. The topological polar surface area (TPSA) is 41.1 Å². The van der Waals surface area contributed by atoms with E-state index in [4.69, 9.17) is 0 Å². The fourth-order valence-electron chi connectivity index (χ4n) is 7.53. The van der Waals surface area contributed by atoms with Gasteiger partial charge in [0, 0.05) is 0 Å². The smallest absolute Gasteiger partial charge is 0.237 e. The summed E-state index contributed by atoms with van der Waals surface area (Å²) in [4.78, 5) is 12.2. The molecule has 6 saturated carbocycles. The first-order valence-corrected chi connectivity index (χ1v) is 7.28. The van der Waals surface area contributed by atoms with Crippen LogP contribution in [-0.4, -0.2) is 24.0 Å². The Morgan fingerprint density at radius 1 is 1.18 bits per heavy atom. The van der Waals surface area contributed by atoms with Crippen molar-refractivity contribution in [2.24, 2.45) is 40.9 Å². The standard InChI is InChI=1S/C14H18N2O/c1-13-6-9-7(13)11-8(13)10(6)14(9,11)16-12(17)5-3-2-4-15-5/h5-11,15H,2-4H2,1H3,(H,16,17)/t5-,6?,7?,8?,9?,10?,11?,13?,14?/m1/s1. The van der Waals surface area contributed by atoms with Crippen molar-refractivity contribution in [2.45, 2.75) is 31.3 Å². The van der Waals surface area contributed by atoms with Gasteiger partial charge in [-0.2, -0.15) is 0 Å². The van der Waals surface area contributed by atoms with Crippen molar-refractivity contribution in [1.29, 1.82) is 0 Å². The van der Waals surface area contributed by atoms with E-state index in [1.165, 1.54) is 0 Å². The molecule has 1 aliphatic heterocycles. The highest BCUT2D eigenvalue weighted by atomic mass is 16.2. The number of hydrogen-bond acceptors (Lipinski definition) is 2. The summed E-state index contributed by atoms with van der Waals surface area (Å²) in [5.41, 5.74) is 1.09. The van der Waals surface area contributed by atoms with Gasteiger partial charge in [0.1, 0.15) is 0 Å². The Hall–Kier alpha value is -0.570. The summed E-state index contributed by atoms with van der Waals surface area (Å²) in [6.45, 7) is 3.52. The fourth-order valence-corrected chi connectivity index (χ4v) is 7.53. The zero-order valence-electron chi connectivity index (χ0n) is 10.1. The third-order valence-corrected chi connectivity index (χ3v) is 7.85. The molecule has 1 atom stereocenters. The minimum Gasteiger partial charge on any atom is -0.348 e. The van der Waals surface area contributed by atoms with E-state index in [1.54, 1.807) is 0 Å². The maximum absolute atomic E-state index is 12.2. The number of amides is 1. The number of nitrogens with one attached hydrogen (secondary N) is 2. The molecule has 0 radical (unpaired) electrons. The minimum atomic E-state index is 0.117.